The van der Waals surface area contributed by atoms with Gasteiger partial charge in [-0.05, 0) is 12.8 Å². The molecule has 0 radical (unpaired) electrons. The second kappa shape index (κ2) is 3.68. The summed E-state index contributed by atoms with van der Waals surface area (Å²) in [7, 11) is 0. The van der Waals surface area contributed by atoms with Crippen molar-refractivity contribution in [2.45, 2.75) is 18.9 Å². The van der Waals surface area contributed by atoms with Crippen LogP contribution in [0.15, 0.2) is 12.3 Å². The molecule has 13 heavy (non-hydrogen) atoms. The highest BCUT2D eigenvalue weighted by Crippen LogP contribution is 2.24. The van der Waals surface area contributed by atoms with Crippen molar-refractivity contribution >= 4 is 0 Å². The summed E-state index contributed by atoms with van der Waals surface area (Å²) >= 11 is 0. The average molecular weight is 181 g/mol. The van der Waals surface area contributed by atoms with Crippen LogP contribution < -0.4 is 5.73 Å². The van der Waals surface area contributed by atoms with Gasteiger partial charge in [-0.3, -0.25) is 4.90 Å². The van der Waals surface area contributed by atoms with Gasteiger partial charge in [0.05, 0.1) is 0 Å². The van der Waals surface area contributed by atoms with E-state index in [2.05, 4.69) is 16.4 Å². The van der Waals surface area contributed by atoms with E-state index in [1.165, 1.54) is 31.6 Å². The molecule has 0 amide bonds. The SMILES string of the molecule is C=C1CN(CCN)C2CCCN1C2. The van der Waals surface area contributed by atoms with E-state index in [1.807, 2.05) is 0 Å². The lowest BCUT2D eigenvalue weighted by Crippen LogP contribution is -2.55. The summed E-state index contributed by atoms with van der Waals surface area (Å²) < 4.78 is 0. The van der Waals surface area contributed by atoms with E-state index >= 15 is 0 Å². The van der Waals surface area contributed by atoms with Crippen LogP contribution in [-0.4, -0.2) is 48.6 Å². The molecule has 2 bridgehead atoms. The van der Waals surface area contributed by atoms with Gasteiger partial charge >= 0.3 is 0 Å². The number of hydrogen-bond acceptors (Lipinski definition) is 3. The third-order valence-corrected chi connectivity index (χ3v) is 3.16. The maximum absolute atomic E-state index is 5.59. The van der Waals surface area contributed by atoms with Crippen molar-refractivity contribution in [2.24, 2.45) is 5.73 Å². The monoisotopic (exact) mass is 181 g/mol. The predicted molar refractivity (Wildman–Crippen MR) is 54.4 cm³/mol. The third-order valence-electron chi connectivity index (χ3n) is 3.16. The van der Waals surface area contributed by atoms with E-state index in [1.54, 1.807) is 0 Å². The Balaban J connectivity index is 2.01. The Morgan fingerprint density at radius 3 is 3.15 bits per heavy atom. The smallest absolute Gasteiger partial charge is 0.0382 e. The highest BCUT2D eigenvalue weighted by molar-refractivity contribution is 5.05. The molecule has 2 heterocycles. The van der Waals surface area contributed by atoms with Gasteiger partial charge in [-0.25, -0.2) is 0 Å². The van der Waals surface area contributed by atoms with Gasteiger partial charge in [-0.15, -0.1) is 0 Å². The summed E-state index contributed by atoms with van der Waals surface area (Å²) in [5.41, 5.74) is 6.87. The van der Waals surface area contributed by atoms with E-state index < -0.39 is 0 Å². The summed E-state index contributed by atoms with van der Waals surface area (Å²) in [6.07, 6.45) is 2.65. The van der Waals surface area contributed by atoms with Gasteiger partial charge in [0.25, 0.3) is 0 Å². The number of piperazine rings is 1. The molecule has 0 spiro atoms. The number of hydrogen-bond donors (Lipinski definition) is 1. The van der Waals surface area contributed by atoms with Gasteiger partial charge in [0.2, 0.25) is 0 Å². The Morgan fingerprint density at radius 2 is 2.38 bits per heavy atom. The summed E-state index contributed by atoms with van der Waals surface area (Å²) in [5, 5.41) is 0. The van der Waals surface area contributed by atoms with Gasteiger partial charge in [0.15, 0.2) is 0 Å². The van der Waals surface area contributed by atoms with Crippen molar-refractivity contribution in [1.29, 1.82) is 0 Å². The zero-order valence-electron chi connectivity index (χ0n) is 8.21. The predicted octanol–water partition coefficient (Wildman–Crippen LogP) is 0.239. The second-order valence-electron chi connectivity index (χ2n) is 4.07. The number of fused-ring (bicyclic) bond motifs is 2. The molecule has 74 valence electrons. The van der Waals surface area contributed by atoms with Crippen molar-refractivity contribution in [1.82, 2.24) is 9.80 Å². The summed E-state index contributed by atoms with van der Waals surface area (Å²) in [5.74, 6) is 0. The number of piperidine rings is 1. The van der Waals surface area contributed by atoms with Crippen molar-refractivity contribution in [2.75, 3.05) is 32.7 Å². The highest BCUT2D eigenvalue weighted by Gasteiger charge is 2.30. The molecule has 0 aromatic carbocycles. The summed E-state index contributed by atoms with van der Waals surface area (Å²) in [4.78, 5) is 4.92. The first kappa shape index (κ1) is 9.03. The molecule has 0 aromatic heterocycles. The molecule has 3 heteroatoms. The molecule has 0 saturated carbocycles. The molecule has 2 N–H and O–H groups in total. The molecule has 2 fully saturated rings. The fourth-order valence-electron chi connectivity index (χ4n) is 2.43. The lowest BCUT2D eigenvalue weighted by atomic mass is 10.00. The molecule has 3 nitrogen and oxygen atoms in total. The van der Waals surface area contributed by atoms with Crippen LogP contribution in [0, 0.1) is 0 Å². The highest BCUT2D eigenvalue weighted by atomic mass is 15.3. The van der Waals surface area contributed by atoms with Crippen molar-refractivity contribution in [3.05, 3.63) is 12.3 Å². The quantitative estimate of drug-likeness (QED) is 0.662. The zero-order chi connectivity index (χ0) is 9.26. The van der Waals surface area contributed by atoms with E-state index in [0.29, 0.717) is 0 Å². The van der Waals surface area contributed by atoms with E-state index in [9.17, 15) is 0 Å². The Bertz CT molecular complexity index is 202. The molecule has 2 aliphatic rings. The average Bonchev–Trinajstić information content (AvgIpc) is 2.16. The molecule has 1 atom stereocenters. The Morgan fingerprint density at radius 1 is 1.54 bits per heavy atom. The topological polar surface area (TPSA) is 32.5 Å². The van der Waals surface area contributed by atoms with Gasteiger partial charge in [0.1, 0.15) is 0 Å². The fourth-order valence-corrected chi connectivity index (χ4v) is 2.43. The van der Waals surface area contributed by atoms with Crippen LogP contribution in [0.1, 0.15) is 12.8 Å². The molecule has 2 rings (SSSR count). The first-order valence-corrected chi connectivity index (χ1v) is 5.18. The number of rotatable bonds is 2. The molecule has 2 saturated heterocycles. The first-order chi connectivity index (χ1) is 6.31. The molecular weight excluding hydrogens is 162 g/mol. The normalized spacial score (nSPS) is 29.5. The first-order valence-electron chi connectivity index (χ1n) is 5.18. The summed E-state index contributed by atoms with van der Waals surface area (Å²) in [6.45, 7) is 9.33. The van der Waals surface area contributed by atoms with E-state index in [-0.39, 0.29) is 0 Å². The van der Waals surface area contributed by atoms with E-state index in [0.717, 1.165) is 25.7 Å². The minimum atomic E-state index is 0.739. The largest absolute Gasteiger partial charge is 0.373 e. The number of nitrogens with two attached hydrogens (primary N) is 1. The van der Waals surface area contributed by atoms with Crippen molar-refractivity contribution in [3.63, 3.8) is 0 Å². The molecule has 0 aliphatic carbocycles. The standard InChI is InChI=1S/C10H19N3/c1-9-7-13(6-4-11)10-3-2-5-12(9)8-10/h10H,1-8,11H2. The maximum Gasteiger partial charge on any atom is 0.0382 e. The maximum atomic E-state index is 5.59. The van der Waals surface area contributed by atoms with E-state index in [4.69, 9.17) is 5.73 Å². The van der Waals surface area contributed by atoms with Crippen molar-refractivity contribution < 1.29 is 0 Å². The molecule has 1 unspecified atom stereocenters. The minimum Gasteiger partial charge on any atom is -0.373 e. The van der Waals surface area contributed by atoms with Gasteiger partial charge < -0.3 is 10.6 Å². The fraction of sp³-hybridized carbons (Fsp3) is 0.800. The second-order valence-corrected chi connectivity index (χ2v) is 4.07. The third kappa shape index (κ3) is 1.71. The van der Waals surface area contributed by atoms with Crippen LogP contribution >= 0.6 is 0 Å². The summed E-state index contributed by atoms with van der Waals surface area (Å²) in [6, 6.07) is 0.739. The Kier molecular flexibility index (Phi) is 2.56. The van der Waals surface area contributed by atoms with Crippen LogP contribution in [0.25, 0.3) is 0 Å². The lowest BCUT2D eigenvalue weighted by Gasteiger charge is -2.47. The number of nitrogens with zero attached hydrogens (tertiary/aromatic N) is 2. The Labute approximate surface area is 80.2 Å². The molecule has 2 aliphatic heterocycles. The van der Waals surface area contributed by atoms with Gasteiger partial charge in [-0.1, -0.05) is 6.58 Å². The van der Waals surface area contributed by atoms with Crippen LogP contribution in [-0.2, 0) is 0 Å². The Hall–Kier alpha value is -0.540. The van der Waals surface area contributed by atoms with Crippen LogP contribution in [0.4, 0.5) is 0 Å². The van der Waals surface area contributed by atoms with Crippen LogP contribution in [0.3, 0.4) is 0 Å². The lowest BCUT2D eigenvalue weighted by molar-refractivity contribution is 0.0759. The molecular formula is C10H19N3. The molecule has 0 aromatic rings. The van der Waals surface area contributed by atoms with Crippen molar-refractivity contribution in [3.8, 4) is 0 Å². The minimum absolute atomic E-state index is 0.739. The van der Waals surface area contributed by atoms with Gasteiger partial charge in [0, 0.05) is 44.5 Å². The zero-order valence-corrected chi connectivity index (χ0v) is 8.21. The van der Waals surface area contributed by atoms with Crippen LogP contribution in [0.2, 0.25) is 0 Å². The van der Waals surface area contributed by atoms with Gasteiger partial charge in [-0.2, -0.15) is 0 Å². The van der Waals surface area contributed by atoms with Crippen LogP contribution in [0.5, 0.6) is 0 Å².